The Bertz CT molecular complexity index is 726. The summed E-state index contributed by atoms with van der Waals surface area (Å²) in [7, 11) is 0. The van der Waals surface area contributed by atoms with Crippen LogP contribution in [-0.4, -0.2) is 9.67 Å². The first-order valence-corrected chi connectivity index (χ1v) is 6.77. The monoisotopic (exact) mass is 263 g/mol. The number of nitrogens with zero attached hydrogens (tertiary/aromatic N) is 1. The molecule has 0 unspecified atom stereocenters. The van der Waals surface area contributed by atoms with E-state index in [4.69, 9.17) is 0 Å². The third-order valence-electron chi connectivity index (χ3n) is 3.49. The predicted molar refractivity (Wildman–Crippen MR) is 83.3 cm³/mol. The summed E-state index contributed by atoms with van der Waals surface area (Å²) in [5.41, 5.74) is 3.35. The van der Waals surface area contributed by atoms with Crippen LogP contribution in [-0.2, 0) is 13.2 Å². The topological polar surface area (TPSA) is 25.2 Å². The lowest BCUT2D eigenvalue weighted by molar-refractivity contribution is 0.283. The van der Waals surface area contributed by atoms with Gasteiger partial charge in [-0.15, -0.1) is 0 Å². The quantitative estimate of drug-likeness (QED) is 0.760. The Morgan fingerprint density at radius 1 is 0.950 bits per heavy atom. The molecule has 1 aromatic heterocycles. The van der Waals surface area contributed by atoms with Crippen molar-refractivity contribution in [1.82, 2.24) is 4.57 Å². The first kappa shape index (κ1) is 12.7. The SMILES string of the molecule is OCc1cccc2c1ccn2CC=Cc1ccccc1. The Balaban J connectivity index is 1.83. The lowest BCUT2D eigenvalue weighted by atomic mass is 10.1. The van der Waals surface area contributed by atoms with Gasteiger partial charge in [0.15, 0.2) is 0 Å². The molecule has 3 rings (SSSR count). The lowest BCUT2D eigenvalue weighted by Gasteiger charge is -2.03. The fraction of sp³-hybridized carbons (Fsp3) is 0.111. The van der Waals surface area contributed by atoms with E-state index in [0.29, 0.717) is 0 Å². The highest BCUT2D eigenvalue weighted by molar-refractivity contribution is 5.83. The summed E-state index contributed by atoms with van der Waals surface area (Å²) in [5, 5.41) is 10.5. The molecule has 100 valence electrons. The number of fused-ring (bicyclic) bond motifs is 1. The van der Waals surface area contributed by atoms with Gasteiger partial charge in [-0.05, 0) is 23.3 Å². The molecule has 1 heterocycles. The highest BCUT2D eigenvalue weighted by Gasteiger charge is 2.03. The first-order valence-electron chi connectivity index (χ1n) is 6.77. The number of allylic oxidation sites excluding steroid dienone is 1. The number of hydrogen-bond donors (Lipinski definition) is 1. The van der Waals surface area contributed by atoms with Crippen molar-refractivity contribution in [2.24, 2.45) is 0 Å². The minimum absolute atomic E-state index is 0.0845. The van der Waals surface area contributed by atoms with E-state index in [0.717, 1.165) is 23.0 Å². The first-order chi connectivity index (χ1) is 9.88. The molecule has 0 bridgehead atoms. The van der Waals surface area contributed by atoms with Crippen molar-refractivity contribution in [3.63, 3.8) is 0 Å². The van der Waals surface area contributed by atoms with Gasteiger partial charge < -0.3 is 9.67 Å². The molecule has 0 atom stereocenters. The highest BCUT2D eigenvalue weighted by atomic mass is 16.3. The zero-order valence-corrected chi connectivity index (χ0v) is 11.2. The number of aliphatic hydroxyl groups is 1. The molecule has 0 aliphatic heterocycles. The Hall–Kier alpha value is -2.32. The molecule has 3 aromatic rings. The Morgan fingerprint density at radius 3 is 2.60 bits per heavy atom. The van der Waals surface area contributed by atoms with Gasteiger partial charge >= 0.3 is 0 Å². The number of aliphatic hydroxyl groups excluding tert-OH is 1. The van der Waals surface area contributed by atoms with Gasteiger partial charge in [0, 0.05) is 23.6 Å². The normalized spacial score (nSPS) is 11.4. The molecule has 0 fully saturated rings. The van der Waals surface area contributed by atoms with Crippen LogP contribution in [0, 0.1) is 0 Å². The van der Waals surface area contributed by atoms with Crippen LogP contribution in [0.3, 0.4) is 0 Å². The Labute approximate surface area is 118 Å². The molecular weight excluding hydrogens is 246 g/mol. The maximum Gasteiger partial charge on any atom is 0.0688 e. The van der Waals surface area contributed by atoms with Crippen LogP contribution in [0.25, 0.3) is 17.0 Å². The average Bonchev–Trinajstić information content (AvgIpc) is 2.92. The molecular formula is C18H17NO. The van der Waals surface area contributed by atoms with Gasteiger partial charge in [-0.2, -0.15) is 0 Å². The van der Waals surface area contributed by atoms with Gasteiger partial charge in [-0.25, -0.2) is 0 Å². The second-order valence-corrected chi connectivity index (χ2v) is 4.79. The summed E-state index contributed by atoms with van der Waals surface area (Å²) in [6.45, 7) is 0.911. The smallest absolute Gasteiger partial charge is 0.0688 e. The number of rotatable bonds is 4. The van der Waals surface area contributed by atoms with Gasteiger partial charge in [0.25, 0.3) is 0 Å². The second-order valence-electron chi connectivity index (χ2n) is 4.79. The van der Waals surface area contributed by atoms with E-state index in [1.807, 2.05) is 30.3 Å². The van der Waals surface area contributed by atoms with E-state index < -0.39 is 0 Å². The van der Waals surface area contributed by atoms with E-state index in [-0.39, 0.29) is 6.61 Å². The van der Waals surface area contributed by atoms with Crippen molar-refractivity contribution in [2.45, 2.75) is 13.2 Å². The zero-order chi connectivity index (χ0) is 13.8. The molecule has 2 heteroatoms. The van der Waals surface area contributed by atoms with E-state index in [1.165, 1.54) is 5.56 Å². The second kappa shape index (κ2) is 5.76. The molecule has 0 saturated carbocycles. The summed E-state index contributed by atoms with van der Waals surface area (Å²) in [6, 6.07) is 18.4. The summed E-state index contributed by atoms with van der Waals surface area (Å²) in [5.74, 6) is 0. The van der Waals surface area contributed by atoms with Gasteiger partial charge in [0.2, 0.25) is 0 Å². The Morgan fingerprint density at radius 2 is 1.80 bits per heavy atom. The van der Waals surface area contributed by atoms with Crippen LogP contribution >= 0.6 is 0 Å². The van der Waals surface area contributed by atoms with Crippen molar-refractivity contribution in [3.05, 3.63) is 78.0 Å². The Kier molecular flexibility index (Phi) is 3.66. The molecule has 0 aliphatic carbocycles. The summed E-state index contributed by atoms with van der Waals surface area (Å²) in [4.78, 5) is 0. The van der Waals surface area contributed by atoms with Gasteiger partial charge in [-0.1, -0.05) is 54.6 Å². The standard InChI is InChI=1S/C18H17NO/c20-14-16-9-4-10-18-17(16)11-13-19(18)12-5-8-15-6-2-1-3-7-15/h1-11,13,20H,12,14H2. The van der Waals surface area contributed by atoms with Crippen LogP contribution in [0.4, 0.5) is 0 Å². The minimum atomic E-state index is 0.0845. The fourth-order valence-electron chi connectivity index (χ4n) is 2.45. The predicted octanol–water partition coefficient (Wildman–Crippen LogP) is 3.85. The highest BCUT2D eigenvalue weighted by Crippen LogP contribution is 2.20. The molecule has 0 spiro atoms. The molecule has 0 saturated heterocycles. The summed E-state index contributed by atoms with van der Waals surface area (Å²) < 4.78 is 2.19. The number of aromatic nitrogens is 1. The molecule has 1 N–H and O–H groups in total. The van der Waals surface area contributed by atoms with Gasteiger partial charge in [0.1, 0.15) is 0 Å². The molecule has 0 amide bonds. The van der Waals surface area contributed by atoms with Gasteiger partial charge in [-0.3, -0.25) is 0 Å². The third-order valence-corrected chi connectivity index (χ3v) is 3.49. The molecule has 0 radical (unpaired) electrons. The largest absolute Gasteiger partial charge is 0.392 e. The van der Waals surface area contributed by atoms with Crippen molar-refractivity contribution < 1.29 is 5.11 Å². The van der Waals surface area contributed by atoms with Crippen LogP contribution in [0.5, 0.6) is 0 Å². The summed E-state index contributed by atoms with van der Waals surface area (Å²) in [6.07, 6.45) is 6.35. The van der Waals surface area contributed by atoms with Crippen LogP contribution in [0.15, 0.2) is 66.9 Å². The maximum atomic E-state index is 9.35. The van der Waals surface area contributed by atoms with Crippen LogP contribution in [0.1, 0.15) is 11.1 Å². The van der Waals surface area contributed by atoms with Crippen molar-refractivity contribution in [2.75, 3.05) is 0 Å². The minimum Gasteiger partial charge on any atom is -0.392 e. The third kappa shape index (κ3) is 2.51. The lowest BCUT2D eigenvalue weighted by Crippen LogP contribution is -1.93. The molecule has 0 aliphatic rings. The van der Waals surface area contributed by atoms with E-state index in [2.05, 4.69) is 47.2 Å². The molecule has 20 heavy (non-hydrogen) atoms. The van der Waals surface area contributed by atoms with Crippen LogP contribution < -0.4 is 0 Å². The summed E-state index contributed by atoms with van der Waals surface area (Å²) >= 11 is 0. The van der Waals surface area contributed by atoms with E-state index >= 15 is 0 Å². The van der Waals surface area contributed by atoms with Crippen molar-refractivity contribution in [3.8, 4) is 0 Å². The average molecular weight is 263 g/mol. The zero-order valence-electron chi connectivity index (χ0n) is 11.2. The van der Waals surface area contributed by atoms with Crippen LogP contribution in [0.2, 0.25) is 0 Å². The fourth-order valence-corrected chi connectivity index (χ4v) is 2.45. The van der Waals surface area contributed by atoms with Gasteiger partial charge in [0.05, 0.1) is 6.61 Å². The number of hydrogen-bond acceptors (Lipinski definition) is 1. The molecule has 2 nitrogen and oxygen atoms in total. The number of benzene rings is 2. The maximum absolute atomic E-state index is 9.35. The molecule has 2 aromatic carbocycles. The van der Waals surface area contributed by atoms with Crippen molar-refractivity contribution in [1.29, 1.82) is 0 Å². The van der Waals surface area contributed by atoms with E-state index in [1.54, 1.807) is 0 Å². The van der Waals surface area contributed by atoms with Crippen molar-refractivity contribution >= 4 is 17.0 Å². The van der Waals surface area contributed by atoms with E-state index in [9.17, 15) is 5.11 Å².